The highest BCUT2D eigenvalue weighted by atomic mass is 16.5. The van der Waals surface area contributed by atoms with E-state index in [9.17, 15) is 10.1 Å². The number of ether oxygens (including phenoxy) is 1. The Balaban J connectivity index is 2.00. The third kappa shape index (κ3) is 2.90. The summed E-state index contributed by atoms with van der Waals surface area (Å²) in [5.74, 6) is 0. The molecule has 24 heavy (non-hydrogen) atoms. The van der Waals surface area contributed by atoms with Gasteiger partial charge in [-0.1, -0.05) is 38.1 Å². The van der Waals surface area contributed by atoms with Crippen LogP contribution in [0.4, 0.5) is 4.79 Å². The first-order chi connectivity index (χ1) is 11.6. The van der Waals surface area contributed by atoms with Crippen molar-refractivity contribution in [2.24, 2.45) is 5.41 Å². The smallest absolute Gasteiger partial charge is 0.322 e. The van der Waals surface area contributed by atoms with Crippen molar-refractivity contribution in [3.05, 3.63) is 41.0 Å². The van der Waals surface area contributed by atoms with Gasteiger partial charge in [0.15, 0.2) is 0 Å². The van der Waals surface area contributed by atoms with Crippen LogP contribution < -0.4 is 5.32 Å². The van der Waals surface area contributed by atoms with Gasteiger partial charge in [-0.3, -0.25) is 0 Å². The normalized spacial score (nSPS) is 23.5. The van der Waals surface area contributed by atoms with Crippen LogP contribution in [0.5, 0.6) is 0 Å². The Labute approximate surface area is 142 Å². The maximum absolute atomic E-state index is 12.7. The molecular weight excluding hydrogens is 302 g/mol. The van der Waals surface area contributed by atoms with Gasteiger partial charge in [0.2, 0.25) is 0 Å². The van der Waals surface area contributed by atoms with Crippen LogP contribution in [0.2, 0.25) is 0 Å². The van der Waals surface area contributed by atoms with E-state index in [0.29, 0.717) is 37.6 Å². The highest BCUT2D eigenvalue weighted by molar-refractivity contribution is 5.89. The van der Waals surface area contributed by atoms with Gasteiger partial charge in [0.25, 0.3) is 0 Å². The molecule has 3 rings (SSSR count). The number of carbonyl (C=O) groups excluding carboxylic acids is 1. The lowest BCUT2D eigenvalue weighted by Gasteiger charge is -2.36. The van der Waals surface area contributed by atoms with Crippen molar-refractivity contribution in [1.29, 1.82) is 5.26 Å². The molecule has 1 atom stereocenters. The number of morpholine rings is 1. The summed E-state index contributed by atoms with van der Waals surface area (Å²) in [6, 6.07) is 10.2. The Morgan fingerprint density at radius 3 is 2.75 bits per heavy atom. The van der Waals surface area contributed by atoms with Gasteiger partial charge in [-0.25, -0.2) is 4.79 Å². The van der Waals surface area contributed by atoms with Crippen LogP contribution in [-0.2, 0) is 11.2 Å². The van der Waals surface area contributed by atoms with Crippen molar-refractivity contribution >= 4 is 11.7 Å². The lowest BCUT2D eigenvalue weighted by molar-refractivity contribution is 0.0541. The van der Waals surface area contributed by atoms with Crippen LogP contribution in [0.3, 0.4) is 0 Å². The Kier molecular flexibility index (Phi) is 4.59. The largest absolute Gasteiger partial charge is 0.378 e. The second kappa shape index (κ2) is 6.66. The molecule has 126 valence electrons. The van der Waals surface area contributed by atoms with Gasteiger partial charge in [-0.15, -0.1) is 0 Å². The minimum absolute atomic E-state index is 0.156. The van der Waals surface area contributed by atoms with Crippen molar-refractivity contribution in [1.82, 2.24) is 10.2 Å². The van der Waals surface area contributed by atoms with Gasteiger partial charge in [0.05, 0.1) is 30.6 Å². The zero-order chi connectivity index (χ0) is 17.2. The van der Waals surface area contributed by atoms with E-state index in [2.05, 4.69) is 31.3 Å². The first-order valence-corrected chi connectivity index (χ1v) is 8.46. The quantitative estimate of drug-likeness (QED) is 0.909. The maximum Gasteiger partial charge on any atom is 0.322 e. The molecule has 2 aliphatic rings. The fourth-order valence-corrected chi connectivity index (χ4v) is 3.44. The number of nitrogens with one attached hydrogen (secondary N) is 1. The van der Waals surface area contributed by atoms with Crippen molar-refractivity contribution < 1.29 is 9.53 Å². The van der Waals surface area contributed by atoms with Gasteiger partial charge in [0.1, 0.15) is 0 Å². The Morgan fingerprint density at radius 1 is 1.38 bits per heavy atom. The maximum atomic E-state index is 12.7. The zero-order valence-corrected chi connectivity index (χ0v) is 14.3. The number of benzene rings is 1. The molecule has 0 radical (unpaired) electrons. The number of rotatable bonds is 2. The lowest BCUT2D eigenvalue weighted by Crippen LogP contribution is -2.46. The summed E-state index contributed by atoms with van der Waals surface area (Å²) in [7, 11) is 0. The third-order valence-corrected chi connectivity index (χ3v) is 5.14. The fraction of sp³-hybridized carbons (Fsp3) is 0.474. The second-order valence-electron chi connectivity index (χ2n) is 6.64. The predicted molar refractivity (Wildman–Crippen MR) is 92.0 cm³/mol. The second-order valence-corrected chi connectivity index (χ2v) is 6.64. The van der Waals surface area contributed by atoms with Gasteiger partial charge >= 0.3 is 6.03 Å². The molecule has 1 unspecified atom stereocenters. The van der Waals surface area contributed by atoms with Gasteiger partial charge in [0, 0.05) is 24.1 Å². The number of allylic oxidation sites excluding steroid dienone is 1. The number of nitriles is 1. The molecule has 1 aromatic rings. The van der Waals surface area contributed by atoms with E-state index in [1.807, 2.05) is 18.2 Å². The predicted octanol–water partition coefficient (Wildman–Crippen LogP) is 2.94. The summed E-state index contributed by atoms with van der Waals surface area (Å²) in [5, 5.41) is 12.8. The molecule has 0 aromatic heterocycles. The molecule has 5 nitrogen and oxygen atoms in total. The first-order valence-electron chi connectivity index (χ1n) is 8.46. The van der Waals surface area contributed by atoms with Crippen molar-refractivity contribution in [2.75, 3.05) is 26.3 Å². The van der Waals surface area contributed by atoms with E-state index in [0.717, 1.165) is 18.4 Å². The molecule has 1 aliphatic heterocycles. The molecule has 0 spiro atoms. The molecule has 0 bridgehead atoms. The molecule has 1 aliphatic carbocycles. The molecule has 1 N–H and O–H groups in total. The summed E-state index contributed by atoms with van der Waals surface area (Å²) < 4.78 is 5.30. The van der Waals surface area contributed by atoms with Crippen LogP contribution >= 0.6 is 0 Å². The lowest BCUT2D eigenvalue weighted by atomic mass is 9.69. The van der Waals surface area contributed by atoms with Gasteiger partial charge < -0.3 is 15.0 Å². The fourth-order valence-electron chi connectivity index (χ4n) is 3.44. The molecular formula is C19H23N3O2. The molecule has 1 heterocycles. The Morgan fingerprint density at radius 2 is 2.08 bits per heavy atom. The average molecular weight is 325 g/mol. The van der Waals surface area contributed by atoms with E-state index in [-0.39, 0.29) is 11.4 Å². The van der Waals surface area contributed by atoms with Gasteiger partial charge in [-0.05, 0) is 18.4 Å². The number of nitrogens with zero attached hydrogens (tertiary/aromatic N) is 2. The summed E-state index contributed by atoms with van der Waals surface area (Å²) in [5.41, 5.74) is 3.22. The minimum atomic E-state index is -0.253. The molecule has 5 heteroatoms. The number of fused-ring (bicyclic) bond motifs is 1. The highest BCUT2D eigenvalue weighted by Gasteiger charge is 2.37. The van der Waals surface area contributed by atoms with Crippen LogP contribution in [0.1, 0.15) is 31.4 Å². The van der Waals surface area contributed by atoms with Crippen molar-refractivity contribution in [2.45, 2.75) is 26.7 Å². The monoisotopic (exact) mass is 325 g/mol. The zero-order valence-electron chi connectivity index (χ0n) is 14.3. The molecule has 0 saturated carbocycles. The third-order valence-electron chi connectivity index (χ3n) is 5.14. The minimum Gasteiger partial charge on any atom is -0.378 e. The first kappa shape index (κ1) is 16.5. The van der Waals surface area contributed by atoms with Crippen LogP contribution in [0, 0.1) is 16.7 Å². The standard InChI is InChI=1S/C19H23N3O2/c1-3-19(2)12-14-6-4-5-7-15(14)17(16(19)13-20)21-18(23)22-8-10-24-11-9-22/h4-7H,3,8-12H2,1-2H3,(H,21,23). The number of carbonyl (C=O) groups is 1. The van der Waals surface area contributed by atoms with Crippen molar-refractivity contribution in [3.63, 3.8) is 0 Å². The van der Waals surface area contributed by atoms with Gasteiger partial charge in [-0.2, -0.15) is 5.26 Å². The Hall–Kier alpha value is -2.32. The van der Waals surface area contributed by atoms with E-state index >= 15 is 0 Å². The summed E-state index contributed by atoms with van der Waals surface area (Å²) in [6.45, 7) is 6.46. The van der Waals surface area contributed by atoms with Crippen LogP contribution in [0.25, 0.3) is 5.70 Å². The number of hydrogen-bond acceptors (Lipinski definition) is 3. The SMILES string of the molecule is CCC1(C)Cc2ccccc2C(NC(=O)N2CCOCC2)=C1C#N. The Bertz CT molecular complexity index is 714. The topological polar surface area (TPSA) is 65.4 Å². The van der Waals surface area contributed by atoms with Crippen LogP contribution in [-0.4, -0.2) is 37.2 Å². The van der Waals surface area contributed by atoms with E-state index in [4.69, 9.17) is 4.74 Å². The molecule has 2 amide bonds. The summed E-state index contributed by atoms with van der Waals surface area (Å²) in [6.07, 6.45) is 1.67. The molecule has 1 saturated heterocycles. The van der Waals surface area contributed by atoms with E-state index in [1.54, 1.807) is 4.90 Å². The summed E-state index contributed by atoms with van der Waals surface area (Å²) in [4.78, 5) is 14.4. The average Bonchev–Trinajstić information content (AvgIpc) is 2.62. The number of urea groups is 1. The highest BCUT2D eigenvalue weighted by Crippen LogP contribution is 2.43. The number of amides is 2. The summed E-state index contributed by atoms with van der Waals surface area (Å²) >= 11 is 0. The number of hydrogen-bond donors (Lipinski definition) is 1. The van der Waals surface area contributed by atoms with Crippen LogP contribution in [0.15, 0.2) is 29.8 Å². The molecule has 1 fully saturated rings. The molecule has 1 aromatic carbocycles. The van der Waals surface area contributed by atoms with E-state index < -0.39 is 0 Å². The van der Waals surface area contributed by atoms with E-state index in [1.165, 1.54) is 5.56 Å². The van der Waals surface area contributed by atoms with Crippen molar-refractivity contribution in [3.8, 4) is 6.07 Å².